The molecule has 1 saturated heterocycles. The van der Waals surface area contributed by atoms with Crippen molar-refractivity contribution in [1.29, 1.82) is 0 Å². The van der Waals surface area contributed by atoms with Crippen LogP contribution in [0.5, 0.6) is 0 Å². The molecule has 0 bridgehead atoms. The lowest BCUT2D eigenvalue weighted by molar-refractivity contribution is -0.140. The average Bonchev–Trinajstić information content (AvgIpc) is 2.93. The third-order valence-corrected chi connectivity index (χ3v) is 3.57. The lowest BCUT2D eigenvalue weighted by atomic mass is 10.1. The first kappa shape index (κ1) is 13.6. The summed E-state index contributed by atoms with van der Waals surface area (Å²) in [6.45, 7) is 0.777. The highest BCUT2D eigenvalue weighted by atomic mass is 16.5. The lowest BCUT2D eigenvalue weighted by Gasteiger charge is -2.24. The van der Waals surface area contributed by atoms with Crippen molar-refractivity contribution in [3.05, 3.63) is 35.9 Å². The quantitative estimate of drug-likeness (QED) is 0.781. The van der Waals surface area contributed by atoms with E-state index in [1.807, 2.05) is 35.2 Å². The standard InChI is InChI=1S/C15H19NO3/c1-19-14(17)10-9-13-8-5-11-16(13)15(18)12-6-3-2-4-7-12/h2-4,6-7,13H,5,8-11H2,1H3/t13-/m1/s1. The van der Waals surface area contributed by atoms with Crippen molar-refractivity contribution in [2.45, 2.75) is 31.7 Å². The molecule has 1 heterocycles. The summed E-state index contributed by atoms with van der Waals surface area (Å²) in [5, 5.41) is 0. The van der Waals surface area contributed by atoms with Crippen LogP contribution in [0.25, 0.3) is 0 Å². The molecular formula is C15H19NO3. The highest BCUT2D eigenvalue weighted by Gasteiger charge is 2.29. The first-order chi connectivity index (χ1) is 9.22. The fourth-order valence-electron chi connectivity index (χ4n) is 2.54. The molecule has 2 rings (SSSR count). The fourth-order valence-corrected chi connectivity index (χ4v) is 2.54. The summed E-state index contributed by atoms with van der Waals surface area (Å²) in [5.41, 5.74) is 0.715. The fraction of sp³-hybridized carbons (Fsp3) is 0.467. The lowest BCUT2D eigenvalue weighted by Crippen LogP contribution is -2.35. The average molecular weight is 261 g/mol. The van der Waals surface area contributed by atoms with E-state index in [0.29, 0.717) is 18.4 Å². The largest absolute Gasteiger partial charge is 0.469 e. The highest BCUT2D eigenvalue weighted by Crippen LogP contribution is 2.23. The maximum absolute atomic E-state index is 12.4. The van der Waals surface area contributed by atoms with Crippen LogP contribution in [-0.2, 0) is 9.53 Å². The molecule has 1 atom stereocenters. The van der Waals surface area contributed by atoms with E-state index in [1.54, 1.807) is 0 Å². The monoisotopic (exact) mass is 261 g/mol. The number of hydrogen-bond acceptors (Lipinski definition) is 3. The van der Waals surface area contributed by atoms with Crippen molar-refractivity contribution in [1.82, 2.24) is 4.90 Å². The summed E-state index contributed by atoms with van der Waals surface area (Å²) >= 11 is 0. The van der Waals surface area contributed by atoms with Crippen LogP contribution in [0.15, 0.2) is 30.3 Å². The molecule has 0 aromatic heterocycles. The Kier molecular flexibility index (Phi) is 4.55. The molecule has 1 fully saturated rings. The smallest absolute Gasteiger partial charge is 0.305 e. The molecule has 0 saturated carbocycles. The Morgan fingerprint density at radius 1 is 1.32 bits per heavy atom. The third-order valence-electron chi connectivity index (χ3n) is 3.57. The van der Waals surface area contributed by atoms with E-state index < -0.39 is 0 Å². The number of esters is 1. The Morgan fingerprint density at radius 3 is 2.74 bits per heavy atom. The molecule has 4 nitrogen and oxygen atoms in total. The second-order valence-corrected chi connectivity index (χ2v) is 4.78. The molecule has 0 aliphatic carbocycles. The van der Waals surface area contributed by atoms with Gasteiger partial charge in [-0.2, -0.15) is 0 Å². The van der Waals surface area contributed by atoms with Crippen LogP contribution in [0.3, 0.4) is 0 Å². The van der Waals surface area contributed by atoms with Crippen LogP contribution in [0.2, 0.25) is 0 Å². The Bertz CT molecular complexity index is 444. The van der Waals surface area contributed by atoms with Gasteiger partial charge in [0.2, 0.25) is 0 Å². The van der Waals surface area contributed by atoms with Crippen molar-refractivity contribution in [2.75, 3.05) is 13.7 Å². The van der Waals surface area contributed by atoms with E-state index in [9.17, 15) is 9.59 Å². The van der Waals surface area contributed by atoms with Gasteiger partial charge in [0.15, 0.2) is 0 Å². The zero-order valence-electron chi connectivity index (χ0n) is 11.2. The summed E-state index contributed by atoms with van der Waals surface area (Å²) in [6.07, 6.45) is 3.03. The van der Waals surface area contributed by atoms with Gasteiger partial charge in [-0.3, -0.25) is 9.59 Å². The Balaban J connectivity index is 1.98. The Labute approximate surface area is 113 Å². The zero-order chi connectivity index (χ0) is 13.7. The second-order valence-electron chi connectivity index (χ2n) is 4.78. The molecule has 0 spiro atoms. The Hall–Kier alpha value is -1.84. The molecule has 19 heavy (non-hydrogen) atoms. The van der Waals surface area contributed by atoms with Gasteiger partial charge in [-0.05, 0) is 31.4 Å². The van der Waals surface area contributed by atoms with E-state index in [2.05, 4.69) is 4.74 Å². The van der Waals surface area contributed by atoms with Gasteiger partial charge in [-0.15, -0.1) is 0 Å². The summed E-state index contributed by atoms with van der Waals surface area (Å²) < 4.78 is 4.65. The van der Waals surface area contributed by atoms with Crippen LogP contribution in [0, 0.1) is 0 Å². The second kappa shape index (κ2) is 6.36. The van der Waals surface area contributed by atoms with Crippen molar-refractivity contribution in [3.8, 4) is 0 Å². The number of nitrogens with zero attached hydrogens (tertiary/aromatic N) is 1. The molecule has 102 valence electrons. The number of carbonyl (C=O) groups is 2. The number of hydrogen-bond donors (Lipinski definition) is 0. The van der Waals surface area contributed by atoms with Gasteiger partial charge in [0, 0.05) is 24.6 Å². The number of amides is 1. The minimum atomic E-state index is -0.209. The van der Waals surface area contributed by atoms with Crippen LogP contribution >= 0.6 is 0 Å². The zero-order valence-corrected chi connectivity index (χ0v) is 11.2. The van der Waals surface area contributed by atoms with Crippen molar-refractivity contribution >= 4 is 11.9 Å². The van der Waals surface area contributed by atoms with Gasteiger partial charge >= 0.3 is 5.97 Å². The number of ether oxygens (including phenoxy) is 1. The summed E-state index contributed by atoms with van der Waals surface area (Å²) in [4.78, 5) is 25.5. The van der Waals surface area contributed by atoms with Gasteiger partial charge < -0.3 is 9.64 Å². The predicted molar refractivity (Wildman–Crippen MR) is 71.8 cm³/mol. The molecule has 1 aliphatic heterocycles. The normalized spacial score (nSPS) is 18.4. The van der Waals surface area contributed by atoms with Crippen LogP contribution < -0.4 is 0 Å². The number of methoxy groups -OCH3 is 1. The van der Waals surface area contributed by atoms with E-state index >= 15 is 0 Å². The molecule has 1 aromatic carbocycles. The van der Waals surface area contributed by atoms with Gasteiger partial charge in [0.05, 0.1) is 7.11 Å². The third kappa shape index (κ3) is 3.34. The molecule has 0 unspecified atom stereocenters. The molecule has 0 N–H and O–H groups in total. The van der Waals surface area contributed by atoms with Crippen molar-refractivity contribution in [2.24, 2.45) is 0 Å². The van der Waals surface area contributed by atoms with E-state index in [1.165, 1.54) is 7.11 Å². The van der Waals surface area contributed by atoms with E-state index in [0.717, 1.165) is 19.4 Å². The van der Waals surface area contributed by atoms with Gasteiger partial charge in [0.25, 0.3) is 5.91 Å². The van der Waals surface area contributed by atoms with Crippen LogP contribution in [-0.4, -0.2) is 36.5 Å². The SMILES string of the molecule is COC(=O)CC[C@H]1CCCN1C(=O)c1ccccc1. The van der Waals surface area contributed by atoms with E-state index in [4.69, 9.17) is 0 Å². The molecule has 1 aliphatic rings. The topological polar surface area (TPSA) is 46.6 Å². The number of carbonyl (C=O) groups excluding carboxylic acids is 2. The van der Waals surface area contributed by atoms with Crippen molar-refractivity contribution in [3.63, 3.8) is 0 Å². The molecular weight excluding hydrogens is 242 g/mol. The van der Waals surface area contributed by atoms with Gasteiger partial charge in [-0.25, -0.2) is 0 Å². The number of benzene rings is 1. The van der Waals surface area contributed by atoms with Crippen molar-refractivity contribution < 1.29 is 14.3 Å². The molecule has 4 heteroatoms. The Morgan fingerprint density at radius 2 is 2.05 bits per heavy atom. The molecule has 1 aromatic rings. The van der Waals surface area contributed by atoms with Crippen LogP contribution in [0.4, 0.5) is 0 Å². The highest BCUT2D eigenvalue weighted by molar-refractivity contribution is 5.94. The predicted octanol–water partition coefficient (Wildman–Crippen LogP) is 2.24. The first-order valence-corrected chi connectivity index (χ1v) is 6.65. The van der Waals surface area contributed by atoms with E-state index in [-0.39, 0.29) is 17.9 Å². The maximum atomic E-state index is 12.4. The maximum Gasteiger partial charge on any atom is 0.305 e. The number of rotatable bonds is 4. The number of likely N-dealkylation sites (tertiary alicyclic amines) is 1. The summed E-state index contributed by atoms with van der Waals surface area (Å²) in [5.74, 6) is -0.146. The minimum Gasteiger partial charge on any atom is -0.469 e. The summed E-state index contributed by atoms with van der Waals surface area (Å²) in [7, 11) is 1.39. The molecule has 1 amide bonds. The van der Waals surface area contributed by atoms with Gasteiger partial charge in [0.1, 0.15) is 0 Å². The van der Waals surface area contributed by atoms with Gasteiger partial charge in [-0.1, -0.05) is 18.2 Å². The first-order valence-electron chi connectivity index (χ1n) is 6.65. The molecule has 0 radical (unpaired) electrons. The minimum absolute atomic E-state index is 0.0629. The summed E-state index contributed by atoms with van der Waals surface area (Å²) in [6, 6.07) is 9.46. The van der Waals surface area contributed by atoms with Crippen LogP contribution in [0.1, 0.15) is 36.0 Å².